The highest BCUT2D eigenvalue weighted by Gasteiger charge is 2.10. The van der Waals surface area contributed by atoms with Crippen LogP contribution in [0.5, 0.6) is 0 Å². The van der Waals surface area contributed by atoms with Crippen molar-refractivity contribution in [1.29, 1.82) is 0 Å². The minimum atomic E-state index is -0.0509. The van der Waals surface area contributed by atoms with Gasteiger partial charge in [-0.2, -0.15) is 0 Å². The molecule has 1 amide bonds. The monoisotopic (exact) mass is 248 g/mol. The van der Waals surface area contributed by atoms with Gasteiger partial charge in [-0.25, -0.2) is 0 Å². The van der Waals surface area contributed by atoms with E-state index in [9.17, 15) is 4.79 Å². The molecule has 0 aliphatic carbocycles. The highest BCUT2D eigenvalue weighted by molar-refractivity contribution is 7.80. The van der Waals surface area contributed by atoms with E-state index in [-0.39, 0.29) is 5.91 Å². The SMILES string of the molecule is Nc1cc2ccccc2[nH]1.O=C1CNC(=S)N1. The van der Waals surface area contributed by atoms with Crippen molar-refractivity contribution < 1.29 is 4.79 Å². The Hall–Kier alpha value is -2.08. The van der Waals surface area contributed by atoms with Gasteiger partial charge >= 0.3 is 0 Å². The van der Waals surface area contributed by atoms with Gasteiger partial charge in [0.25, 0.3) is 0 Å². The van der Waals surface area contributed by atoms with Crippen molar-refractivity contribution in [2.75, 3.05) is 12.3 Å². The lowest BCUT2D eigenvalue weighted by Gasteiger charge is -1.83. The van der Waals surface area contributed by atoms with E-state index in [1.54, 1.807) is 0 Å². The average molecular weight is 248 g/mol. The van der Waals surface area contributed by atoms with Crippen molar-refractivity contribution in [1.82, 2.24) is 15.6 Å². The molecule has 1 aromatic heterocycles. The average Bonchev–Trinajstić information content (AvgIpc) is 2.83. The summed E-state index contributed by atoms with van der Waals surface area (Å²) in [4.78, 5) is 13.2. The van der Waals surface area contributed by atoms with E-state index in [4.69, 9.17) is 5.73 Å². The van der Waals surface area contributed by atoms with Crippen molar-refractivity contribution in [3.05, 3.63) is 30.3 Å². The van der Waals surface area contributed by atoms with Gasteiger partial charge in [0.15, 0.2) is 5.11 Å². The highest BCUT2D eigenvalue weighted by atomic mass is 32.1. The number of carbonyl (C=O) groups is 1. The van der Waals surface area contributed by atoms with Gasteiger partial charge in [0.05, 0.1) is 6.54 Å². The van der Waals surface area contributed by atoms with Gasteiger partial charge in [-0.3, -0.25) is 4.79 Å². The zero-order chi connectivity index (χ0) is 12.3. The van der Waals surface area contributed by atoms with E-state index in [1.165, 1.54) is 5.39 Å². The molecule has 0 saturated carbocycles. The Morgan fingerprint density at radius 3 is 2.59 bits per heavy atom. The van der Waals surface area contributed by atoms with Crippen molar-refractivity contribution in [3.63, 3.8) is 0 Å². The first kappa shape index (κ1) is 11.4. The minimum Gasteiger partial charge on any atom is -0.385 e. The number of thiocarbonyl (C=S) groups is 1. The van der Waals surface area contributed by atoms with Gasteiger partial charge in [0, 0.05) is 10.9 Å². The maximum absolute atomic E-state index is 10.2. The molecule has 88 valence electrons. The van der Waals surface area contributed by atoms with Crippen LogP contribution in [-0.4, -0.2) is 22.5 Å². The van der Waals surface area contributed by atoms with Crippen LogP contribution in [0.25, 0.3) is 10.9 Å². The van der Waals surface area contributed by atoms with Gasteiger partial charge in [0.1, 0.15) is 5.82 Å². The van der Waals surface area contributed by atoms with E-state index in [0.717, 1.165) is 11.3 Å². The van der Waals surface area contributed by atoms with Gasteiger partial charge in [-0.1, -0.05) is 18.2 Å². The van der Waals surface area contributed by atoms with Gasteiger partial charge < -0.3 is 21.4 Å². The summed E-state index contributed by atoms with van der Waals surface area (Å²) < 4.78 is 0. The molecule has 0 atom stereocenters. The predicted molar refractivity (Wildman–Crippen MR) is 71.5 cm³/mol. The fourth-order valence-electron chi connectivity index (χ4n) is 1.47. The molecule has 1 aliphatic heterocycles. The summed E-state index contributed by atoms with van der Waals surface area (Å²) in [6.45, 7) is 0.332. The third-order valence-corrected chi connectivity index (χ3v) is 2.46. The summed E-state index contributed by atoms with van der Waals surface area (Å²) in [6.07, 6.45) is 0. The normalized spacial score (nSPS) is 13.9. The first-order chi connectivity index (χ1) is 8.15. The Bertz CT molecular complexity index is 516. The smallest absolute Gasteiger partial charge is 0.245 e. The molecule has 1 saturated heterocycles. The highest BCUT2D eigenvalue weighted by Crippen LogP contribution is 2.14. The molecule has 1 aliphatic rings. The molecular formula is C11H12N4OS. The number of hydrogen-bond acceptors (Lipinski definition) is 3. The maximum atomic E-state index is 10.2. The Morgan fingerprint density at radius 2 is 2.06 bits per heavy atom. The third kappa shape index (κ3) is 2.94. The fourth-order valence-corrected chi connectivity index (χ4v) is 1.66. The largest absolute Gasteiger partial charge is 0.385 e. The number of aromatic amines is 1. The molecule has 1 aromatic carbocycles. The molecule has 0 radical (unpaired) electrons. The summed E-state index contributed by atoms with van der Waals surface area (Å²) in [5.41, 5.74) is 6.63. The zero-order valence-corrected chi connectivity index (χ0v) is 9.80. The lowest BCUT2D eigenvalue weighted by Crippen LogP contribution is -2.21. The van der Waals surface area contributed by atoms with Crippen LogP contribution in [0, 0.1) is 0 Å². The molecule has 5 N–H and O–H groups in total. The van der Waals surface area contributed by atoms with Crippen LogP contribution < -0.4 is 16.4 Å². The number of fused-ring (bicyclic) bond motifs is 1. The number of rotatable bonds is 0. The number of carbonyl (C=O) groups excluding carboxylic acids is 1. The van der Waals surface area contributed by atoms with E-state index in [1.807, 2.05) is 30.3 Å². The number of nitrogens with one attached hydrogen (secondary N) is 3. The standard InChI is InChI=1S/C8H8N2.C3H4N2OS/c9-8-5-6-3-1-2-4-7(6)10-8;6-2-1-4-3(7)5-2/h1-5,10H,9H2;1H2,(H2,4,5,6,7). The number of hydrogen-bond donors (Lipinski definition) is 4. The Kier molecular flexibility index (Phi) is 3.24. The van der Waals surface area contributed by atoms with Crippen LogP contribution in [0.1, 0.15) is 0 Å². The van der Waals surface area contributed by atoms with Crippen molar-refractivity contribution >= 4 is 40.0 Å². The van der Waals surface area contributed by atoms with E-state index >= 15 is 0 Å². The number of nitrogens with two attached hydrogens (primary N) is 1. The molecule has 0 unspecified atom stereocenters. The molecular weight excluding hydrogens is 236 g/mol. The number of nitrogen functional groups attached to an aromatic ring is 1. The van der Waals surface area contributed by atoms with Crippen LogP contribution in [-0.2, 0) is 4.79 Å². The second kappa shape index (κ2) is 4.84. The summed E-state index contributed by atoms with van der Waals surface area (Å²) in [6, 6.07) is 9.94. The second-order valence-electron chi connectivity index (χ2n) is 3.54. The van der Waals surface area contributed by atoms with E-state index < -0.39 is 0 Å². The van der Waals surface area contributed by atoms with Crippen LogP contribution in [0.4, 0.5) is 5.82 Å². The first-order valence-electron chi connectivity index (χ1n) is 5.06. The number of benzene rings is 1. The van der Waals surface area contributed by atoms with Crippen molar-refractivity contribution in [2.45, 2.75) is 0 Å². The Balaban J connectivity index is 0.000000136. The van der Waals surface area contributed by atoms with E-state index in [2.05, 4.69) is 27.8 Å². The van der Waals surface area contributed by atoms with Crippen molar-refractivity contribution in [2.24, 2.45) is 0 Å². The summed E-state index contributed by atoms with van der Waals surface area (Å²) >= 11 is 4.55. The number of H-pyrrole nitrogens is 1. The molecule has 0 bridgehead atoms. The molecule has 0 spiro atoms. The number of anilines is 1. The van der Waals surface area contributed by atoms with Crippen LogP contribution >= 0.6 is 12.2 Å². The Morgan fingerprint density at radius 1 is 1.29 bits per heavy atom. The molecule has 3 rings (SSSR count). The number of aromatic nitrogens is 1. The van der Waals surface area contributed by atoms with Crippen LogP contribution in [0.2, 0.25) is 0 Å². The molecule has 17 heavy (non-hydrogen) atoms. The summed E-state index contributed by atoms with van der Waals surface area (Å²) in [7, 11) is 0. The number of amides is 1. The lowest BCUT2D eigenvalue weighted by molar-refractivity contribution is -0.117. The lowest BCUT2D eigenvalue weighted by atomic mass is 10.3. The van der Waals surface area contributed by atoms with Gasteiger partial charge in [-0.05, 0) is 24.4 Å². The van der Waals surface area contributed by atoms with Gasteiger partial charge in [-0.15, -0.1) is 0 Å². The number of para-hydroxylation sites is 1. The second-order valence-corrected chi connectivity index (χ2v) is 3.95. The van der Waals surface area contributed by atoms with Gasteiger partial charge in [0.2, 0.25) is 5.91 Å². The summed E-state index contributed by atoms with van der Waals surface area (Å²) in [5, 5.41) is 6.64. The minimum absolute atomic E-state index is 0.0509. The molecule has 2 aromatic rings. The molecule has 1 fully saturated rings. The van der Waals surface area contributed by atoms with E-state index in [0.29, 0.717) is 11.7 Å². The molecule has 6 heteroatoms. The van der Waals surface area contributed by atoms with Crippen LogP contribution in [0.15, 0.2) is 30.3 Å². The zero-order valence-electron chi connectivity index (χ0n) is 8.99. The summed E-state index contributed by atoms with van der Waals surface area (Å²) in [5.74, 6) is 0.672. The quantitative estimate of drug-likeness (QED) is 0.518. The molecule has 2 heterocycles. The van der Waals surface area contributed by atoms with Crippen molar-refractivity contribution in [3.8, 4) is 0 Å². The third-order valence-electron chi connectivity index (χ3n) is 2.21. The topological polar surface area (TPSA) is 82.9 Å². The fraction of sp³-hybridized carbons (Fsp3) is 0.0909. The predicted octanol–water partition coefficient (Wildman–Crippen LogP) is 0.741. The van der Waals surface area contributed by atoms with Crippen LogP contribution in [0.3, 0.4) is 0 Å². The Labute approximate surface area is 103 Å². The molecule has 5 nitrogen and oxygen atoms in total. The maximum Gasteiger partial charge on any atom is 0.245 e. The first-order valence-corrected chi connectivity index (χ1v) is 5.47.